The minimum Gasteiger partial charge on any atom is -0.368 e. The van der Waals surface area contributed by atoms with Gasteiger partial charge in [-0.05, 0) is 23.8 Å². The summed E-state index contributed by atoms with van der Waals surface area (Å²) in [7, 11) is 0. The summed E-state index contributed by atoms with van der Waals surface area (Å²) in [5.41, 5.74) is 2.37. The van der Waals surface area contributed by atoms with Gasteiger partial charge in [0.1, 0.15) is 5.82 Å². The average molecular weight is 288 g/mol. The van der Waals surface area contributed by atoms with Crippen LogP contribution in [0.1, 0.15) is 5.56 Å². The third-order valence-electron chi connectivity index (χ3n) is 3.69. The third kappa shape index (κ3) is 2.88. The maximum Gasteiger partial charge on any atom is 0.128 e. The summed E-state index contributed by atoms with van der Waals surface area (Å²) in [6, 6.07) is 14.7. The van der Waals surface area contributed by atoms with E-state index in [1.807, 2.05) is 6.20 Å². The second-order valence-electron chi connectivity index (χ2n) is 4.97. The molecule has 0 amide bonds. The van der Waals surface area contributed by atoms with Crippen molar-refractivity contribution in [1.82, 2.24) is 4.98 Å². The largest absolute Gasteiger partial charge is 0.368 e. The third-order valence-corrected chi connectivity index (χ3v) is 4.00. The van der Waals surface area contributed by atoms with E-state index in [4.69, 9.17) is 11.6 Å². The number of pyridine rings is 1. The van der Waals surface area contributed by atoms with Gasteiger partial charge >= 0.3 is 0 Å². The van der Waals surface area contributed by atoms with E-state index in [0.717, 1.165) is 37.6 Å². The molecule has 0 saturated carbocycles. The van der Waals surface area contributed by atoms with Crippen molar-refractivity contribution in [2.75, 3.05) is 36.0 Å². The van der Waals surface area contributed by atoms with Crippen LogP contribution in [0.4, 0.5) is 11.5 Å². The number of alkyl halides is 1. The quantitative estimate of drug-likeness (QED) is 0.809. The van der Waals surface area contributed by atoms with Gasteiger partial charge in [0.05, 0.1) is 0 Å². The summed E-state index contributed by atoms with van der Waals surface area (Å²) in [6.07, 6.45) is 1.87. The highest BCUT2D eigenvalue weighted by molar-refractivity contribution is 6.17. The molecule has 0 radical (unpaired) electrons. The maximum absolute atomic E-state index is 5.79. The van der Waals surface area contributed by atoms with E-state index in [9.17, 15) is 0 Å². The summed E-state index contributed by atoms with van der Waals surface area (Å²) in [5.74, 6) is 1.57. The lowest BCUT2D eigenvalue weighted by atomic mass is 10.2. The standard InChI is InChI=1S/C16H18ClN3/c17-12-14-6-7-16(18-13-14)20-10-8-19(9-11-20)15-4-2-1-3-5-15/h1-7,13H,8-12H2. The highest BCUT2D eigenvalue weighted by Gasteiger charge is 2.17. The van der Waals surface area contributed by atoms with Crippen LogP contribution >= 0.6 is 11.6 Å². The Morgan fingerprint density at radius 3 is 2.20 bits per heavy atom. The first kappa shape index (κ1) is 13.3. The fraction of sp³-hybridized carbons (Fsp3) is 0.312. The van der Waals surface area contributed by atoms with E-state index in [0.29, 0.717) is 5.88 Å². The molecule has 104 valence electrons. The van der Waals surface area contributed by atoms with Crippen molar-refractivity contribution in [3.05, 3.63) is 54.2 Å². The summed E-state index contributed by atoms with van der Waals surface area (Å²) in [6.45, 7) is 4.07. The van der Waals surface area contributed by atoms with Crippen LogP contribution in [0.25, 0.3) is 0 Å². The first-order valence-corrected chi connectivity index (χ1v) is 7.46. The van der Waals surface area contributed by atoms with Crippen molar-refractivity contribution in [3.63, 3.8) is 0 Å². The maximum atomic E-state index is 5.79. The predicted molar refractivity (Wildman–Crippen MR) is 84.7 cm³/mol. The monoisotopic (exact) mass is 287 g/mol. The van der Waals surface area contributed by atoms with E-state index in [1.165, 1.54) is 5.69 Å². The smallest absolute Gasteiger partial charge is 0.128 e. The molecule has 2 aromatic rings. The molecule has 0 bridgehead atoms. The average Bonchev–Trinajstić information content (AvgIpc) is 2.56. The number of anilines is 2. The van der Waals surface area contributed by atoms with E-state index in [2.05, 4.69) is 57.2 Å². The van der Waals surface area contributed by atoms with Crippen molar-refractivity contribution in [2.45, 2.75) is 5.88 Å². The molecular weight excluding hydrogens is 270 g/mol. The Balaban J connectivity index is 1.63. The van der Waals surface area contributed by atoms with E-state index >= 15 is 0 Å². The second kappa shape index (κ2) is 6.14. The number of piperazine rings is 1. The van der Waals surface area contributed by atoms with Gasteiger partial charge in [0.2, 0.25) is 0 Å². The van der Waals surface area contributed by atoms with Gasteiger partial charge in [-0.2, -0.15) is 0 Å². The van der Waals surface area contributed by atoms with Crippen molar-refractivity contribution < 1.29 is 0 Å². The normalized spacial score (nSPS) is 15.4. The first-order chi connectivity index (χ1) is 9.86. The molecule has 4 heteroatoms. The number of halogens is 1. The lowest BCUT2D eigenvalue weighted by Crippen LogP contribution is -2.46. The van der Waals surface area contributed by atoms with Gasteiger partial charge in [-0.25, -0.2) is 4.98 Å². The Kier molecular flexibility index (Phi) is 4.07. The molecule has 3 rings (SSSR count). The van der Waals surface area contributed by atoms with Crippen LogP contribution in [0.3, 0.4) is 0 Å². The summed E-state index contributed by atoms with van der Waals surface area (Å²) in [4.78, 5) is 9.25. The minimum atomic E-state index is 0.523. The zero-order valence-electron chi connectivity index (χ0n) is 11.4. The molecule has 0 unspecified atom stereocenters. The van der Waals surface area contributed by atoms with Crippen LogP contribution in [0.5, 0.6) is 0 Å². The predicted octanol–water partition coefficient (Wildman–Crippen LogP) is 3.15. The Bertz CT molecular complexity index is 533. The summed E-state index contributed by atoms with van der Waals surface area (Å²) < 4.78 is 0. The minimum absolute atomic E-state index is 0.523. The van der Waals surface area contributed by atoms with Crippen LogP contribution < -0.4 is 9.80 Å². The molecule has 1 fully saturated rings. The van der Waals surface area contributed by atoms with Crippen LogP contribution in [0.15, 0.2) is 48.7 Å². The van der Waals surface area contributed by atoms with Crippen LogP contribution in [-0.2, 0) is 5.88 Å². The Hall–Kier alpha value is -1.74. The SMILES string of the molecule is ClCc1ccc(N2CCN(c3ccccc3)CC2)nc1. The highest BCUT2D eigenvalue weighted by atomic mass is 35.5. The van der Waals surface area contributed by atoms with Gasteiger partial charge < -0.3 is 9.80 Å². The van der Waals surface area contributed by atoms with Crippen LogP contribution in [-0.4, -0.2) is 31.2 Å². The molecule has 2 heterocycles. The molecule has 0 atom stereocenters. The molecule has 1 aliphatic heterocycles. The molecule has 0 aliphatic carbocycles. The molecule has 1 aliphatic rings. The first-order valence-electron chi connectivity index (χ1n) is 6.92. The second-order valence-corrected chi connectivity index (χ2v) is 5.24. The Morgan fingerprint density at radius 1 is 0.900 bits per heavy atom. The summed E-state index contributed by atoms with van der Waals surface area (Å²) in [5, 5.41) is 0. The van der Waals surface area contributed by atoms with Gasteiger partial charge in [-0.1, -0.05) is 24.3 Å². The number of hydrogen-bond donors (Lipinski definition) is 0. The number of aromatic nitrogens is 1. The molecular formula is C16H18ClN3. The van der Waals surface area contributed by atoms with Crippen molar-refractivity contribution in [1.29, 1.82) is 0 Å². The van der Waals surface area contributed by atoms with E-state index in [1.54, 1.807) is 0 Å². The van der Waals surface area contributed by atoms with E-state index < -0.39 is 0 Å². The zero-order valence-corrected chi connectivity index (χ0v) is 12.1. The van der Waals surface area contributed by atoms with Gasteiger partial charge in [0.15, 0.2) is 0 Å². The molecule has 1 saturated heterocycles. The van der Waals surface area contributed by atoms with Crippen LogP contribution in [0, 0.1) is 0 Å². The Morgan fingerprint density at radius 2 is 1.60 bits per heavy atom. The molecule has 1 aromatic carbocycles. The van der Waals surface area contributed by atoms with Gasteiger partial charge in [-0.3, -0.25) is 0 Å². The zero-order chi connectivity index (χ0) is 13.8. The van der Waals surface area contributed by atoms with Gasteiger partial charge in [0.25, 0.3) is 0 Å². The fourth-order valence-corrected chi connectivity index (χ4v) is 2.67. The number of benzene rings is 1. The highest BCUT2D eigenvalue weighted by Crippen LogP contribution is 2.19. The lowest BCUT2D eigenvalue weighted by molar-refractivity contribution is 0.647. The lowest BCUT2D eigenvalue weighted by Gasteiger charge is -2.36. The van der Waals surface area contributed by atoms with Crippen molar-refractivity contribution in [3.8, 4) is 0 Å². The number of para-hydroxylation sites is 1. The molecule has 1 aromatic heterocycles. The van der Waals surface area contributed by atoms with E-state index in [-0.39, 0.29) is 0 Å². The fourth-order valence-electron chi connectivity index (χ4n) is 2.52. The van der Waals surface area contributed by atoms with Crippen molar-refractivity contribution >= 4 is 23.1 Å². The number of nitrogens with zero attached hydrogens (tertiary/aromatic N) is 3. The van der Waals surface area contributed by atoms with Gasteiger partial charge in [0, 0.05) is 43.9 Å². The molecule has 20 heavy (non-hydrogen) atoms. The molecule has 3 nitrogen and oxygen atoms in total. The number of hydrogen-bond acceptors (Lipinski definition) is 3. The van der Waals surface area contributed by atoms with Crippen molar-refractivity contribution in [2.24, 2.45) is 0 Å². The Labute approximate surface area is 124 Å². The topological polar surface area (TPSA) is 19.4 Å². The summed E-state index contributed by atoms with van der Waals surface area (Å²) >= 11 is 5.79. The molecule has 0 N–H and O–H groups in total. The number of rotatable bonds is 3. The molecule has 0 spiro atoms. The van der Waals surface area contributed by atoms with Gasteiger partial charge in [-0.15, -0.1) is 11.6 Å². The van der Waals surface area contributed by atoms with Crippen LogP contribution in [0.2, 0.25) is 0 Å².